The largest absolute Gasteiger partial charge is 0.357 e. The predicted octanol–water partition coefficient (Wildman–Crippen LogP) is 3.92. The van der Waals surface area contributed by atoms with Crippen LogP contribution in [0.4, 0.5) is 4.39 Å². The first-order chi connectivity index (χ1) is 13.0. The number of rotatable bonds is 7. The van der Waals surface area contributed by atoms with Crippen molar-refractivity contribution in [2.45, 2.75) is 13.5 Å². The molecule has 2 aromatic carbocycles. The maximum atomic E-state index is 13.3. The van der Waals surface area contributed by atoms with Crippen LogP contribution in [0.2, 0.25) is 5.02 Å². The van der Waals surface area contributed by atoms with Crippen molar-refractivity contribution < 1.29 is 9.18 Å². The van der Waals surface area contributed by atoms with Gasteiger partial charge in [0.15, 0.2) is 5.96 Å². The second-order valence-corrected chi connectivity index (χ2v) is 6.36. The number of nitrogens with zero attached hydrogens (tertiary/aromatic N) is 2. The molecule has 0 bridgehead atoms. The minimum Gasteiger partial charge on any atom is -0.357 e. The van der Waals surface area contributed by atoms with Gasteiger partial charge in [0.1, 0.15) is 5.82 Å². The van der Waals surface area contributed by atoms with Crippen molar-refractivity contribution in [2.24, 2.45) is 4.99 Å². The lowest BCUT2D eigenvalue weighted by molar-refractivity contribution is 0.0955. The summed E-state index contributed by atoms with van der Waals surface area (Å²) in [7, 11) is 1.88. The van der Waals surface area contributed by atoms with Gasteiger partial charge in [-0.2, -0.15) is 0 Å². The molecule has 0 radical (unpaired) electrons. The summed E-state index contributed by atoms with van der Waals surface area (Å²) in [5, 5.41) is 6.42. The van der Waals surface area contributed by atoms with Gasteiger partial charge in [-0.05, 0) is 36.8 Å². The number of carbonyl (C=O) groups is 1. The van der Waals surface area contributed by atoms with Gasteiger partial charge in [-0.3, -0.25) is 9.79 Å². The third-order valence-electron chi connectivity index (χ3n) is 3.78. The third kappa shape index (κ3) is 7.63. The average Bonchev–Trinajstić information content (AvgIpc) is 2.64. The molecule has 0 aromatic heterocycles. The summed E-state index contributed by atoms with van der Waals surface area (Å²) in [6.45, 7) is 4.00. The molecule has 0 fully saturated rings. The van der Waals surface area contributed by atoms with Crippen LogP contribution in [0.25, 0.3) is 0 Å². The molecule has 2 aromatic rings. The molecular weight excluding hydrogens is 494 g/mol. The van der Waals surface area contributed by atoms with Gasteiger partial charge in [-0.1, -0.05) is 35.9 Å². The van der Waals surface area contributed by atoms with Gasteiger partial charge in [-0.15, -0.1) is 24.0 Å². The van der Waals surface area contributed by atoms with E-state index < -0.39 is 0 Å². The van der Waals surface area contributed by atoms with Crippen LogP contribution in [0.15, 0.2) is 53.5 Å². The van der Waals surface area contributed by atoms with Gasteiger partial charge in [0.05, 0.1) is 17.1 Å². The Balaban J connectivity index is 0.00000392. The highest BCUT2D eigenvalue weighted by Gasteiger charge is 2.09. The standard InChI is InChI=1S/C20H24ClFN4O.HI/c1-3-23-20(26(2)14-15-7-6-8-16(22)13-15)25-12-11-24-19(27)17-9-4-5-10-18(17)21;/h4-10,13H,3,11-12,14H2,1-2H3,(H,23,25)(H,24,27);1H. The van der Waals surface area contributed by atoms with Gasteiger partial charge in [-0.25, -0.2) is 4.39 Å². The van der Waals surface area contributed by atoms with E-state index in [2.05, 4.69) is 15.6 Å². The number of nitrogens with one attached hydrogen (secondary N) is 2. The summed E-state index contributed by atoms with van der Waals surface area (Å²) in [4.78, 5) is 18.6. The fourth-order valence-corrected chi connectivity index (χ4v) is 2.75. The van der Waals surface area contributed by atoms with Gasteiger partial charge in [0.2, 0.25) is 0 Å². The molecule has 5 nitrogen and oxygen atoms in total. The Labute approximate surface area is 187 Å². The zero-order chi connectivity index (χ0) is 19.6. The topological polar surface area (TPSA) is 56.7 Å². The van der Waals surface area contributed by atoms with Crippen LogP contribution in [0.1, 0.15) is 22.8 Å². The molecule has 1 amide bonds. The van der Waals surface area contributed by atoms with Crippen LogP contribution < -0.4 is 10.6 Å². The van der Waals surface area contributed by atoms with E-state index in [9.17, 15) is 9.18 Å². The van der Waals surface area contributed by atoms with Crippen LogP contribution in [-0.4, -0.2) is 43.4 Å². The minimum atomic E-state index is -0.259. The predicted molar refractivity (Wildman–Crippen MR) is 123 cm³/mol. The molecule has 0 aliphatic carbocycles. The molecule has 0 aliphatic heterocycles. The Morgan fingerprint density at radius 3 is 2.61 bits per heavy atom. The van der Waals surface area contributed by atoms with Crippen LogP contribution in [-0.2, 0) is 6.54 Å². The lowest BCUT2D eigenvalue weighted by atomic mass is 10.2. The van der Waals surface area contributed by atoms with E-state index in [1.165, 1.54) is 12.1 Å². The number of guanidine groups is 1. The highest BCUT2D eigenvalue weighted by Crippen LogP contribution is 2.14. The Hall–Kier alpha value is -1.87. The van der Waals surface area contributed by atoms with Gasteiger partial charge >= 0.3 is 0 Å². The van der Waals surface area contributed by atoms with E-state index in [4.69, 9.17) is 11.6 Å². The van der Waals surface area contributed by atoms with Crippen molar-refractivity contribution in [2.75, 3.05) is 26.7 Å². The third-order valence-corrected chi connectivity index (χ3v) is 4.11. The monoisotopic (exact) mass is 518 g/mol. The fourth-order valence-electron chi connectivity index (χ4n) is 2.53. The van der Waals surface area contributed by atoms with Crippen LogP contribution >= 0.6 is 35.6 Å². The lowest BCUT2D eigenvalue weighted by Crippen LogP contribution is -2.39. The van der Waals surface area contributed by atoms with E-state index >= 15 is 0 Å². The lowest BCUT2D eigenvalue weighted by Gasteiger charge is -2.22. The summed E-state index contributed by atoms with van der Waals surface area (Å²) in [5.74, 6) is 0.202. The van der Waals surface area contributed by atoms with E-state index in [-0.39, 0.29) is 35.7 Å². The fraction of sp³-hybridized carbons (Fsp3) is 0.300. The average molecular weight is 519 g/mol. The molecule has 0 unspecified atom stereocenters. The highest BCUT2D eigenvalue weighted by atomic mass is 127. The number of aliphatic imine (C=N–C) groups is 1. The van der Waals surface area contributed by atoms with Crippen molar-refractivity contribution in [3.8, 4) is 0 Å². The Kier molecular flexibility index (Phi) is 10.8. The minimum absolute atomic E-state index is 0. The van der Waals surface area contributed by atoms with Crippen molar-refractivity contribution in [1.29, 1.82) is 0 Å². The Bertz CT molecular complexity index is 803. The molecule has 2 N–H and O–H groups in total. The molecule has 0 heterocycles. The second-order valence-electron chi connectivity index (χ2n) is 5.96. The zero-order valence-corrected chi connectivity index (χ0v) is 19.0. The summed E-state index contributed by atoms with van der Waals surface area (Å²) >= 11 is 6.02. The summed E-state index contributed by atoms with van der Waals surface area (Å²) in [6, 6.07) is 13.4. The van der Waals surface area contributed by atoms with E-state index in [0.29, 0.717) is 42.7 Å². The quantitative estimate of drug-likeness (QED) is 0.253. The SMILES string of the molecule is CCNC(=NCCNC(=O)c1ccccc1Cl)N(C)Cc1cccc(F)c1.I. The smallest absolute Gasteiger partial charge is 0.252 e. The molecular formula is C20H25ClFIN4O. The number of hydrogen-bond acceptors (Lipinski definition) is 2. The van der Waals surface area contributed by atoms with Crippen molar-refractivity contribution in [3.05, 3.63) is 70.5 Å². The molecule has 0 saturated carbocycles. The molecule has 0 atom stereocenters. The van der Waals surface area contributed by atoms with Crippen LogP contribution in [0.5, 0.6) is 0 Å². The molecule has 8 heteroatoms. The molecule has 28 heavy (non-hydrogen) atoms. The first-order valence-electron chi connectivity index (χ1n) is 8.78. The molecule has 0 spiro atoms. The number of benzene rings is 2. The second kappa shape index (κ2) is 12.6. The van der Waals surface area contributed by atoms with Gasteiger partial charge in [0, 0.05) is 26.7 Å². The first-order valence-corrected chi connectivity index (χ1v) is 9.15. The summed E-state index contributed by atoms with van der Waals surface area (Å²) in [5.41, 5.74) is 1.30. The summed E-state index contributed by atoms with van der Waals surface area (Å²) < 4.78 is 13.3. The number of amides is 1. The highest BCUT2D eigenvalue weighted by molar-refractivity contribution is 14.0. The van der Waals surface area contributed by atoms with E-state index in [0.717, 1.165) is 5.56 Å². The van der Waals surface area contributed by atoms with Crippen molar-refractivity contribution in [1.82, 2.24) is 15.5 Å². The van der Waals surface area contributed by atoms with Crippen LogP contribution in [0.3, 0.4) is 0 Å². The zero-order valence-electron chi connectivity index (χ0n) is 15.9. The van der Waals surface area contributed by atoms with E-state index in [1.807, 2.05) is 24.9 Å². The molecule has 0 saturated heterocycles. The van der Waals surface area contributed by atoms with Crippen molar-refractivity contribution >= 4 is 47.4 Å². The Morgan fingerprint density at radius 1 is 1.18 bits per heavy atom. The Morgan fingerprint density at radius 2 is 1.93 bits per heavy atom. The molecule has 152 valence electrons. The number of halogens is 3. The van der Waals surface area contributed by atoms with Crippen molar-refractivity contribution in [3.63, 3.8) is 0 Å². The maximum absolute atomic E-state index is 13.3. The van der Waals surface area contributed by atoms with Gasteiger partial charge < -0.3 is 15.5 Å². The number of hydrogen-bond donors (Lipinski definition) is 2. The summed E-state index contributed by atoms with van der Waals surface area (Å²) in [6.07, 6.45) is 0. The van der Waals surface area contributed by atoms with Gasteiger partial charge in [0.25, 0.3) is 5.91 Å². The maximum Gasteiger partial charge on any atom is 0.252 e. The normalized spacial score (nSPS) is 10.8. The number of carbonyl (C=O) groups excluding carboxylic acids is 1. The van der Waals surface area contributed by atoms with Crippen LogP contribution in [0, 0.1) is 5.82 Å². The molecule has 2 rings (SSSR count). The van der Waals surface area contributed by atoms with E-state index in [1.54, 1.807) is 30.3 Å². The first kappa shape index (κ1) is 24.2. The molecule has 0 aliphatic rings.